The van der Waals surface area contributed by atoms with Crippen LogP contribution in [0, 0.1) is 22.0 Å². The van der Waals surface area contributed by atoms with Gasteiger partial charge in [-0.15, -0.1) is 0 Å². The van der Waals surface area contributed by atoms with Crippen LogP contribution in [0.3, 0.4) is 0 Å². The molecule has 2 amide bonds. The minimum atomic E-state index is -1.26. The van der Waals surface area contributed by atoms with Gasteiger partial charge < -0.3 is 10.4 Å². The smallest absolute Gasteiger partial charge is 0.335 e. The third kappa shape index (κ3) is 3.15. The summed E-state index contributed by atoms with van der Waals surface area (Å²) in [6.45, 7) is 0.236. The van der Waals surface area contributed by atoms with Gasteiger partial charge in [0.05, 0.1) is 22.3 Å². The maximum atomic E-state index is 12.4. The number of fused-ring (bicyclic) bond motifs is 1. The topological polar surface area (TPSA) is 130 Å². The van der Waals surface area contributed by atoms with E-state index in [1.807, 2.05) is 12.2 Å². The summed E-state index contributed by atoms with van der Waals surface area (Å²) in [5.74, 6) is -2.29. The summed E-state index contributed by atoms with van der Waals surface area (Å²) in [5.41, 5.74) is -0.427. The molecular weight excluding hydrogens is 342 g/mol. The molecule has 1 heterocycles. The first-order chi connectivity index (χ1) is 12.4. The predicted octanol–water partition coefficient (Wildman–Crippen LogP) is 1.66. The number of nitro groups is 1. The van der Waals surface area contributed by atoms with Crippen molar-refractivity contribution in [2.45, 2.75) is 12.8 Å². The highest BCUT2D eigenvalue weighted by molar-refractivity contribution is 6.05. The number of allylic oxidation sites excluding steroid dienone is 2. The average molecular weight is 359 g/mol. The van der Waals surface area contributed by atoms with Crippen LogP contribution in [-0.2, 0) is 9.59 Å². The lowest BCUT2D eigenvalue weighted by Crippen LogP contribution is -2.35. The summed E-state index contributed by atoms with van der Waals surface area (Å²) in [5, 5.41) is 22.9. The number of rotatable bonds is 6. The number of likely N-dealkylation sites (tertiary alicyclic amines) is 1. The van der Waals surface area contributed by atoms with Crippen molar-refractivity contribution < 1.29 is 24.4 Å². The Morgan fingerprint density at radius 1 is 1.23 bits per heavy atom. The van der Waals surface area contributed by atoms with Gasteiger partial charge in [0.15, 0.2) is 0 Å². The first kappa shape index (κ1) is 17.6. The van der Waals surface area contributed by atoms with E-state index < -0.39 is 10.9 Å². The number of hydrogen-bond acceptors (Lipinski definition) is 6. The molecule has 3 rings (SSSR count). The Morgan fingerprint density at radius 3 is 2.38 bits per heavy atom. The van der Waals surface area contributed by atoms with Crippen molar-refractivity contribution in [1.29, 1.82) is 0 Å². The van der Waals surface area contributed by atoms with E-state index in [1.54, 1.807) is 0 Å². The molecule has 0 aromatic heterocycles. The molecule has 2 N–H and O–H groups in total. The van der Waals surface area contributed by atoms with Crippen molar-refractivity contribution in [3.05, 3.63) is 46.0 Å². The number of carboxylic acids is 1. The van der Waals surface area contributed by atoms with Crippen LogP contribution in [0.2, 0.25) is 0 Å². The van der Waals surface area contributed by atoms with Gasteiger partial charge in [0.2, 0.25) is 11.8 Å². The number of carboxylic acid groups (broad SMARTS) is 1. The molecule has 2 aliphatic rings. The molecule has 0 bridgehead atoms. The monoisotopic (exact) mass is 359 g/mol. The van der Waals surface area contributed by atoms with E-state index in [1.165, 1.54) is 17.0 Å². The lowest BCUT2D eigenvalue weighted by Gasteiger charge is -2.15. The van der Waals surface area contributed by atoms with Crippen molar-refractivity contribution in [2.75, 3.05) is 18.4 Å². The Balaban J connectivity index is 1.67. The third-order valence-corrected chi connectivity index (χ3v) is 4.69. The zero-order valence-corrected chi connectivity index (χ0v) is 13.8. The normalized spacial score (nSPS) is 21.6. The Bertz CT molecular complexity index is 793. The quantitative estimate of drug-likeness (QED) is 0.342. The molecule has 1 aromatic carbocycles. The molecule has 0 saturated carbocycles. The number of amides is 2. The third-order valence-electron chi connectivity index (χ3n) is 4.69. The van der Waals surface area contributed by atoms with Crippen LogP contribution in [-0.4, -0.2) is 45.8 Å². The lowest BCUT2D eigenvalue weighted by molar-refractivity contribution is -0.384. The number of nitrogens with zero attached hydrogens (tertiary/aromatic N) is 2. The van der Waals surface area contributed by atoms with Gasteiger partial charge in [0.25, 0.3) is 5.69 Å². The lowest BCUT2D eigenvalue weighted by atomic mass is 9.85. The fourth-order valence-electron chi connectivity index (χ4n) is 3.36. The van der Waals surface area contributed by atoms with E-state index in [4.69, 9.17) is 5.11 Å². The largest absolute Gasteiger partial charge is 0.478 e. The summed E-state index contributed by atoms with van der Waals surface area (Å²) in [6.07, 6.45) is 4.92. The number of benzene rings is 1. The van der Waals surface area contributed by atoms with E-state index in [0.717, 1.165) is 6.07 Å². The van der Waals surface area contributed by atoms with Crippen LogP contribution in [0.25, 0.3) is 0 Å². The number of nitrogens with one attached hydrogen (secondary N) is 1. The molecule has 0 spiro atoms. The SMILES string of the molecule is O=C(O)c1ccc(NCCN2C(=O)[C@H]3CC=CC[C@@H]3C2=O)c([N+](=O)[O-])c1. The van der Waals surface area contributed by atoms with Crippen molar-refractivity contribution in [3.63, 3.8) is 0 Å². The molecule has 1 fully saturated rings. The van der Waals surface area contributed by atoms with Gasteiger partial charge in [-0.05, 0) is 25.0 Å². The number of nitro benzene ring substituents is 1. The summed E-state index contributed by atoms with van der Waals surface area (Å²) in [4.78, 5) is 47.3. The number of carbonyl (C=O) groups excluding carboxylic acids is 2. The minimum Gasteiger partial charge on any atom is -0.478 e. The van der Waals surface area contributed by atoms with E-state index in [0.29, 0.717) is 12.8 Å². The molecule has 9 nitrogen and oxygen atoms in total. The first-order valence-corrected chi connectivity index (χ1v) is 8.16. The number of hydrogen-bond donors (Lipinski definition) is 2. The fraction of sp³-hybridized carbons (Fsp3) is 0.353. The predicted molar refractivity (Wildman–Crippen MR) is 90.6 cm³/mol. The molecule has 2 atom stereocenters. The van der Waals surface area contributed by atoms with Gasteiger partial charge in [-0.3, -0.25) is 24.6 Å². The molecule has 1 aromatic rings. The van der Waals surface area contributed by atoms with Crippen molar-refractivity contribution in [3.8, 4) is 0 Å². The Kier molecular flexibility index (Phi) is 4.70. The number of aromatic carboxylic acids is 1. The van der Waals surface area contributed by atoms with Gasteiger partial charge in [-0.2, -0.15) is 0 Å². The molecule has 136 valence electrons. The van der Waals surface area contributed by atoms with Gasteiger partial charge in [-0.25, -0.2) is 4.79 Å². The summed E-state index contributed by atoms with van der Waals surface area (Å²) in [7, 11) is 0. The van der Waals surface area contributed by atoms with Gasteiger partial charge in [-0.1, -0.05) is 12.2 Å². The van der Waals surface area contributed by atoms with Crippen LogP contribution < -0.4 is 5.32 Å². The van der Waals surface area contributed by atoms with Gasteiger partial charge in [0.1, 0.15) is 5.69 Å². The molecule has 26 heavy (non-hydrogen) atoms. The molecule has 0 unspecified atom stereocenters. The first-order valence-electron chi connectivity index (χ1n) is 8.16. The zero-order chi connectivity index (χ0) is 18.8. The van der Waals surface area contributed by atoms with E-state index in [9.17, 15) is 24.5 Å². The second-order valence-corrected chi connectivity index (χ2v) is 6.20. The Hall–Kier alpha value is -3.23. The molecule has 1 aliphatic carbocycles. The number of imide groups is 1. The van der Waals surface area contributed by atoms with Crippen LogP contribution in [0.1, 0.15) is 23.2 Å². The zero-order valence-electron chi connectivity index (χ0n) is 13.8. The van der Waals surface area contributed by atoms with E-state index in [-0.39, 0.29) is 53.7 Å². The second kappa shape index (κ2) is 6.95. The molecule has 1 saturated heterocycles. The molecule has 9 heteroatoms. The summed E-state index contributed by atoms with van der Waals surface area (Å²) in [6, 6.07) is 3.53. The van der Waals surface area contributed by atoms with Crippen molar-refractivity contribution in [1.82, 2.24) is 4.90 Å². The maximum absolute atomic E-state index is 12.4. The highest BCUT2D eigenvalue weighted by Crippen LogP contribution is 2.35. The molecule has 1 aliphatic heterocycles. The van der Waals surface area contributed by atoms with Crippen LogP contribution in [0.4, 0.5) is 11.4 Å². The summed E-state index contributed by atoms with van der Waals surface area (Å²) < 4.78 is 0. The van der Waals surface area contributed by atoms with Crippen LogP contribution >= 0.6 is 0 Å². The average Bonchev–Trinajstić information content (AvgIpc) is 2.86. The van der Waals surface area contributed by atoms with E-state index >= 15 is 0 Å². The minimum absolute atomic E-state index is 0.0997. The highest BCUT2D eigenvalue weighted by Gasteiger charge is 2.46. The Morgan fingerprint density at radius 2 is 1.85 bits per heavy atom. The number of anilines is 1. The molecule has 0 radical (unpaired) electrons. The van der Waals surface area contributed by atoms with Gasteiger partial charge in [0, 0.05) is 19.2 Å². The van der Waals surface area contributed by atoms with E-state index in [2.05, 4.69) is 5.32 Å². The number of carbonyl (C=O) groups is 3. The van der Waals surface area contributed by atoms with Crippen LogP contribution in [0.15, 0.2) is 30.4 Å². The van der Waals surface area contributed by atoms with Crippen LogP contribution in [0.5, 0.6) is 0 Å². The Labute approximate surface area is 148 Å². The second-order valence-electron chi connectivity index (χ2n) is 6.20. The molecular formula is C17H17N3O6. The highest BCUT2D eigenvalue weighted by atomic mass is 16.6. The standard InChI is InChI=1S/C17H17N3O6/c21-15-11-3-1-2-4-12(11)16(22)19(15)8-7-18-13-6-5-10(17(23)24)9-14(13)20(25)26/h1-2,5-6,9,11-12,18H,3-4,7-8H2,(H,23,24)/t11-,12-/m0/s1. The van der Waals surface area contributed by atoms with Crippen molar-refractivity contribution in [2.24, 2.45) is 11.8 Å². The summed E-state index contributed by atoms with van der Waals surface area (Å²) >= 11 is 0. The fourth-order valence-corrected chi connectivity index (χ4v) is 3.36. The maximum Gasteiger partial charge on any atom is 0.335 e. The van der Waals surface area contributed by atoms with Crippen molar-refractivity contribution >= 4 is 29.2 Å². The van der Waals surface area contributed by atoms with Gasteiger partial charge >= 0.3 is 5.97 Å².